The minimum absolute atomic E-state index is 0. The number of rotatable bonds is 2. The number of nitro groups is 1. The Kier molecular flexibility index (Phi) is 4.42. The molecular weight excluding hydrogens is 246 g/mol. The molecule has 7 heteroatoms. The van der Waals surface area contributed by atoms with Gasteiger partial charge in [0.1, 0.15) is 0 Å². The van der Waals surface area contributed by atoms with E-state index >= 15 is 0 Å². The summed E-state index contributed by atoms with van der Waals surface area (Å²) in [6.07, 6.45) is 0.929. The zero-order chi connectivity index (χ0) is 11.5. The minimum Gasteiger partial charge on any atom is -0.274 e. The number of halogens is 1. The summed E-state index contributed by atoms with van der Waals surface area (Å²) >= 11 is 0. The molecule has 0 radical (unpaired) electrons. The molecule has 0 atom stereocenters. The lowest BCUT2D eigenvalue weighted by atomic mass is 10.2. The second-order valence-corrected chi connectivity index (χ2v) is 3.52. The Morgan fingerprint density at radius 3 is 2.47 bits per heavy atom. The van der Waals surface area contributed by atoms with Crippen LogP contribution in [0.5, 0.6) is 0 Å². The van der Waals surface area contributed by atoms with Crippen molar-refractivity contribution in [2.24, 2.45) is 0 Å². The number of non-ortho nitro benzene ring substituents is 1. The van der Waals surface area contributed by atoms with Crippen molar-refractivity contribution in [3.63, 3.8) is 0 Å². The van der Waals surface area contributed by atoms with Crippen molar-refractivity contribution < 1.29 is 9.72 Å². The fourth-order valence-corrected chi connectivity index (χ4v) is 1.59. The van der Waals surface area contributed by atoms with E-state index in [0.717, 1.165) is 13.0 Å². The molecule has 1 aromatic carbocycles. The third-order valence-electron chi connectivity index (χ3n) is 2.43. The number of nitrogens with zero attached hydrogens (tertiary/aromatic N) is 2. The Bertz CT molecular complexity index is 415. The summed E-state index contributed by atoms with van der Waals surface area (Å²) in [5, 5.41) is 12.0. The highest BCUT2D eigenvalue weighted by atomic mass is 35.5. The maximum Gasteiger partial charge on any atom is 0.269 e. The van der Waals surface area contributed by atoms with Crippen LogP contribution in [0.2, 0.25) is 0 Å². The summed E-state index contributed by atoms with van der Waals surface area (Å²) in [5.74, 6) is -0.146. The van der Waals surface area contributed by atoms with E-state index in [-0.39, 0.29) is 24.0 Å². The highest BCUT2D eigenvalue weighted by Gasteiger charge is 2.19. The summed E-state index contributed by atoms with van der Waals surface area (Å²) < 4.78 is 0. The fourth-order valence-electron chi connectivity index (χ4n) is 1.59. The third-order valence-corrected chi connectivity index (χ3v) is 2.43. The first-order valence-electron chi connectivity index (χ1n) is 4.98. The Labute approximate surface area is 104 Å². The zero-order valence-electron chi connectivity index (χ0n) is 8.96. The van der Waals surface area contributed by atoms with Crippen molar-refractivity contribution in [1.29, 1.82) is 0 Å². The molecular formula is C10H12ClN3O3. The van der Waals surface area contributed by atoms with Crippen LogP contribution in [0.3, 0.4) is 0 Å². The zero-order valence-corrected chi connectivity index (χ0v) is 9.77. The maximum absolute atomic E-state index is 11.8. The Morgan fingerprint density at radius 2 is 2.00 bits per heavy atom. The molecule has 0 aromatic heterocycles. The lowest BCUT2D eigenvalue weighted by molar-refractivity contribution is -0.384. The van der Waals surface area contributed by atoms with Gasteiger partial charge in [-0.3, -0.25) is 19.9 Å². The van der Waals surface area contributed by atoms with Crippen LogP contribution >= 0.6 is 12.4 Å². The second-order valence-electron chi connectivity index (χ2n) is 3.52. The van der Waals surface area contributed by atoms with E-state index in [1.54, 1.807) is 0 Å². The summed E-state index contributed by atoms with van der Waals surface area (Å²) in [7, 11) is 0. The van der Waals surface area contributed by atoms with Crippen molar-refractivity contribution in [1.82, 2.24) is 10.4 Å². The van der Waals surface area contributed by atoms with Crippen LogP contribution in [0.25, 0.3) is 0 Å². The normalized spacial score (nSPS) is 14.2. The monoisotopic (exact) mass is 257 g/mol. The second kappa shape index (κ2) is 5.60. The molecule has 0 bridgehead atoms. The van der Waals surface area contributed by atoms with Gasteiger partial charge in [-0.05, 0) is 18.6 Å². The number of hydrazine groups is 1. The van der Waals surface area contributed by atoms with Gasteiger partial charge in [-0.15, -0.1) is 12.4 Å². The molecule has 0 aliphatic carbocycles. The minimum atomic E-state index is -0.484. The van der Waals surface area contributed by atoms with Gasteiger partial charge in [0, 0.05) is 30.8 Å². The smallest absolute Gasteiger partial charge is 0.269 e. The number of benzene rings is 1. The molecule has 1 heterocycles. The molecule has 1 N–H and O–H groups in total. The van der Waals surface area contributed by atoms with Crippen LogP contribution in [0, 0.1) is 10.1 Å². The van der Waals surface area contributed by atoms with E-state index in [9.17, 15) is 14.9 Å². The van der Waals surface area contributed by atoms with Crippen LogP contribution < -0.4 is 5.43 Å². The molecule has 0 spiro atoms. The highest BCUT2D eigenvalue weighted by Crippen LogP contribution is 2.13. The Hall–Kier alpha value is -1.66. The predicted molar refractivity (Wildman–Crippen MR) is 64.0 cm³/mol. The molecule has 2 rings (SSSR count). The predicted octanol–water partition coefficient (Wildman–Crippen LogP) is 1.37. The molecule has 1 amide bonds. The molecule has 1 fully saturated rings. The standard InChI is InChI=1S/C10H11N3O3.ClH/c14-10(12-7-1-6-11-12)8-2-4-9(5-3-8)13(15)16;/h2-5,11H,1,6-7H2;1H. The van der Waals surface area contributed by atoms with Gasteiger partial charge in [0.15, 0.2) is 0 Å². The van der Waals surface area contributed by atoms with Gasteiger partial charge in [0.2, 0.25) is 0 Å². The lowest BCUT2D eigenvalue weighted by Crippen LogP contribution is -2.36. The number of amides is 1. The highest BCUT2D eigenvalue weighted by molar-refractivity contribution is 5.94. The SMILES string of the molecule is Cl.O=C(c1ccc([N+](=O)[O-])cc1)N1CCCN1. The summed E-state index contributed by atoms with van der Waals surface area (Å²) in [5.41, 5.74) is 3.39. The van der Waals surface area contributed by atoms with Crippen molar-refractivity contribution in [3.8, 4) is 0 Å². The summed E-state index contributed by atoms with van der Waals surface area (Å²) in [4.78, 5) is 21.8. The van der Waals surface area contributed by atoms with Crippen molar-refractivity contribution in [2.45, 2.75) is 6.42 Å². The van der Waals surface area contributed by atoms with Crippen LogP contribution in [0.1, 0.15) is 16.8 Å². The number of nitro benzene ring substituents is 1. The van der Waals surface area contributed by atoms with Gasteiger partial charge in [0.25, 0.3) is 11.6 Å². The van der Waals surface area contributed by atoms with E-state index in [1.807, 2.05) is 0 Å². The van der Waals surface area contributed by atoms with Gasteiger partial charge in [-0.1, -0.05) is 0 Å². The molecule has 1 aliphatic rings. The quantitative estimate of drug-likeness (QED) is 0.641. The first-order chi connectivity index (χ1) is 7.68. The van der Waals surface area contributed by atoms with Crippen LogP contribution in [0.4, 0.5) is 5.69 Å². The van der Waals surface area contributed by atoms with Gasteiger partial charge in [-0.25, -0.2) is 5.43 Å². The van der Waals surface area contributed by atoms with Gasteiger partial charge >= 0.3 is 0 Å². The number of carbonyl (C=O) groups excluding carboxylic acids is 1. The topological polar surface area (TPSA) is 75.5 Å². The fraction of sp³-hybridized carbons (Fsp3) is 0.300. The molecule has 0 saturated carbocycles. The lowest BCUT2D eigenvalue weighted by Gasteiger charge is -2.14. The van der Waals surface area contributed by atoms with E-state index in [1.165, 1.54) is 29.3 Å². The first-order valence-corrected chi connectivity index (χ1v) is 4.98. The van der Waals surface area contributed by atoms with E-state index in [4.69, 9.17) is 0 Å². The molecule has 6 nitrogen and oxygen atoms in total. The molecule has 0 unspecified atom stereocenters. The first kappa shape index (κ1) is 13.4. The average Bonchev–Trinajstić information content (AvgIpc) is 2.81. The molecule has 1 aliphatic heterocycles. The van der Waals surface area contributed by atoms with E-state index in [0.29, 0.717) is 12.1 Å². The number of carbonyl (C=O) groups is 1. The molecule has 92 valence electrons. The Morgan fingerprint density at radius 1 is 1.35 bits per heavy atom. The number of hydrogen-bond acceptors (Lipinski definition) is 4. The summed E-state index contributed by atoms with van der Waals surface area (Å²) in [6.45, 7) is 1.47. The molecule has 17 heavy (non-hydrogen) atoms. The van der Waals surface area contributed by atoms with Crippen LogP contribution in [-0.4, -0.2) is 28.9 Å². The summed E-state index contributed by atoms with van der Waals surface area (Å²) in [6, 6.07) is 5.62. The molecule has 1 saturated heterocycles. The largest absolute Gasteiger partial charge is 0.274 e. The number of hydrogen-bond donors (Lipinski definition) is 1. The van der Waals surface area contributed by atoms with Crippen LogP contribution in [0.15, 0.2) is 24.3 Å². The van der Waals surface area contributed by atoms with E-state index in [2.05, 4.69) is 5.43 Å². The van der Waals surface area contributed by atoms with E-state index < -0.39 is 4.92 Å². The molecule has 1 aromatic rings. The maximum atomic E-state index is 11.8. The third kappa shape index (κ3) is 2.92. The number of nitrogens with one attached hydrogen (secondary N) is 1. The van der Waals surface area contributed by atoms with Crippen molar-refractivity contribution in [3.05, 3.63) is 39.9 Å². The van der Waals surface area contributed by atoms with Gasteiger partial charge in [0.05, 0.1) is 4.92 Å². The van der Waals surface area contributed by atoms with Crippen LogP contribution in [-0.2, 0) is 0 Å². The van der Waals surface area contributed by atoms with Crippen molar-refractivity contribution in [2.75, 3.05) is 13.1 Å². The van der Waals surface area contributed by atoms with Crippen molar-refractivity contribution >= 4 is 24.0 Å². The average molecular weight is 258 g/mol. The van der Waals surface area contributed by atoms with Gasteiger partial charge in [-0.2, -0.15) is 0 Å². The van der Waals surface area contributed by atoms with Gasteiger partial charge < -0.3 is 0 Å². The Balaban J connectivity index is 0.00000144.